The standard InChI is InChI=1S/C32H31F3N6O3S2/c1-5-25(42)38-30-36-14-13-23(37-30)28-27(39-29(45-28)18-8-7-15-41(17-18)31(43)44-32(2,3)4)20-9-6-10-22(26(20)35)40-46-24-16-19(33)11-12-21(24)34/h5-6,9-14,16,18,40H,1,7-8,15,17H2,2-4H3,(H,36,37,38,42). The van der Waals surface area contributed by atoms with Gasteiger partial charge in [0.1, 0.15) is 17.2 Å². The lowest BCUT2D eigenvalue weighted by molar-refractivity contribution is -0.111. The van der Waals surface area contributed by atoms with Gasteiger partial charge in [0.15, 0.2) is 5.82 Å². The highest BCUT2D eigenvalue weighted by atomic mass is 32.2. The molecule has 2 amide bonds. The van der Waals surface area contributed by atoms with Crippen LogP contribution in [-0.2, 0) is 9.53 Å². The fourth-order valence-corrected chi connectivity index (χ4v) is 6.59. The van der Waals surface area contributed by atoms with Crippen LogP contribution in [0, 0.1) is 17.5 Å². The van der Waals surface area contributed by atoms with Crippen molar-refractivity contribution in [3.63, 3.8) is 0 Å². The zero-order valence-corrected chi connectivity index (χ0v) is 26.9. The first kappa shape index (κ1) is 32.9. The highest BCUT2D eigenvalue weighted by Crippen LogP contribution is 2.43. The third-order valence-electron chi connectivity index (χ3n) is 6.79. The molecule has 0 radical (unpaired) electrons. The maximum absolute atomic E-state index is 16.2. The Morgan fingerprint density at radius 1 is 1.15 bits per heavy atom. The molecule has 46 heavy (non-hydrogen) atoms. The molecule has 14 heteroatoms. The van der Waals surface area contributed by atoms with E-state index in [-0.39, 0.29) is 33.7 Å². The molecule has 240 valence electrons. The quantitative estimate of drug-likeness (QED) is 0.143. The molecule has 2 aromatic carbocycles. The first-order valence-corrected chi connectivity index (χ1v) is 16.0. The van der Waals surface area contributed by atoms with Gasteiger partial charge in [0, 0.05) is 30.8 Å². The highest BCUT2D eigenvalue weighted by Gasteiger charge is 2.31. The van der Waals surface area contributed by atoms with E-state index in [9.17, 15) is 18.4 Å². The minimum absolute atomic E-state index is 0.0291. The number of aromatic nitrogens is 3. The number of hydrogen-bond donors (Lipinski definition) is 2. The number of piperidine rings is 1. The molecule has 1 fully saturated rings. The molecule has 2 aromatic heterocycles. The number of rotatable bonds is 8. The summed E-state index contributed by atoms with van der Waals surface area (Å²) in [7, 11) is 0. The van der Waals surface area contributed by atoms with Gasteiger partial charge in [0.05, 0.1) is 31.9 Å². The molecule has 0 bridgehead atoms. The van der Waals surface area contributed by atoms with Crippen LogP contribution in [0.15, 0.2) is 66.2 Å². The minimum atomic E-state index is -0.668. The van der Waals surface area contributed by atoms with Crippen molar-refractivity contribution < 1.29 is 27.5 Å². The van der Waals surface area contributed by atoms with E-state index in [4.69, 9.17) is 9.72 Å². The second-order valence-electron chi connectivity index (χ2n) is 11.4. The van der Waals surface area contributed by atoms with Crippen LogP contribution in [-0.4, -0.2) is 50.5 Å². The largest absolute Gasteiger partial charge is 0.444 e. The smallest absolute Gasteiger partial charge is 0.410 e. The molecule has 9 nitrogen and oxygen atoms in total. The summed E-state index contributed by atoms with van der Waals surface area (Å²) >= 11 is 2.04. The fraction of sp³-hybridized carbons (Fsp3) is 0.281. The Hall–Kier alpha value is -4.43. The van der Waals surface area contributed by atoms with Crippen molar-refractivity contribution in [2.24, 2.45) is 0 Å². The van der Waals surface area contributed by atoms with E-state index in [1.807, 2.05) is 20.8 Å². The molecular formula is C32H31F3N6O3S2. The van der Waals surface area contributed by atoms with Crippen molar-refractivity contribution in [2.75, 3.05) is 23.1 Å². The van der Waals surface area contributed by atoms with Crippen LogP contribution in [0.4, 0.5) is 29.6 Å². The number of hydrogen-bond acceptors (Lipinski definition) is 9. The van der Waals surface area contributed by atoms with E-state index in [0.29, 0.717) is 28.7 Å². The van der Waals surface area contributed by atoms with Crippen LogP contribution < -0.4 is 10.0 Å². The molecule has 0 spiro atoms. The monoisotopic (exact) mass is 668 g/mol. The summed E-state index contributed by atoms with van der Waals surface area (Å²) in [4.78, 5) is 40.4. The summed E-state index contributed by atoms with van der Waals surface area (Å²) in [5.74, 6) is -2.57. The molecule has 2 N–H and O–H groups in total. The number of carbonyl (C=O) groups is 2. The lowest BCUT2D eigenvalue weighted by Gasteiger charge is -2.33. The molecule has 1 aliphatic rings. The van der Waals surface area contributed by atoms with Gasteiger partial charge in [-0.1, -0.05) is 12.6 Å². The zero-order valence-electron chi connectivity index (χ0n) is 25.3. The summed E-state index contributed by atoms with van der Waals surface area (Å²) in [5, 5.41) is 3.20. The second-order valence-corrected chi connectivity index (χ2v) is 13.3. The highest BCUT2D eigenvalue weighted by molar-refractivity contribution is 8.00. The van der Waals surface area contributed by atoms with E-state index < -0.39 is 35.1 Å². The van der Waals surface area contributed by atoms with Gasteiger partial charge in [-0.2, -0.15) is 0 Å². The molecule has 3 heterocycles. The number of ether oxygens (including phenoxy) is 1. The van der Waals surface area contributed by atoms with E-state index in [0.717, 1.165) is 49.1 Å². The number of carbonyl (C=O) groups excluding carboxylic acids is 2. The van der Waals surface area contributed by atoms with Crippen LogP contribution in [0.5, 0.6) is 0 Å². The maximum Gasteiger partial charge on any atom is 0.410 e. The van der Waals surface area contributed by atoms with Crippen molar-refractivity contribution in [3.05, 3.63) is 83.8 Å². The summed E-state index contributed by atoms with van der Waals surface area (Å²) in [6.07, 6.45) is 3.61. The number of anilines is 2. The molecule has 5 rings (SSSR count). The van der Waals surface area contributed by atoms with Crippen molar-refractivity contribution in [2.45, 2.75) is 50.0 Å². The van der Waals surface area contributed by atoms with Gasteiger partial charge >= 0.3 is 6.09 Å². The van der Waals surface area contributed by atoms with Crippen LogP contribution in [0.25, 0.3) is 21.8 Å². The molecular weight excluding hydrogens is 638 g/mol. The topological polar surface area (TPSA) is 109 Å². The van der Waals surface area contributed by atoms with Crippen LogP contribution in [0.1, 0.15) is 44.5 Å². The Kier molecular flexibility index (Phi) is 9.97. The van der Waals surface area contributed by atoms with Gasteiger partial charge in [0.25, 0.3) is 0 Å². The Morgan fingerprint density at radius 3 is 2.72 bits per heavy atom. The molecule has 1 saturated heterocycles. The van der Waals surface area contributed by atoms with Crippen molar-refractivity contribution >= 4 is 46.9 Å². The normalized spacial score (nSPS) is 14.9. The lowest BCUT2D eigenvalue weighted by atomic mass is 9.99. The van der Waals surface area contributed by atoms with E-state index in [2.05, 4.69) is 26.6 Å². The van der Waals surface area contributed by atoms with Crippen molar-refractivity contribution in [1.29, 1.82) is 0 Å². The van der Waals surface area contributed by atoms with Crippen LogP contribution >= 0.6 is 23.3 Å². The number of amides is 2. The van der Waals surface area contributed by atoms with Crippen molar-refractivity contribution in [1.82, 2.24) is 19.9 Å². The first-order chi connectivity index (χ1) is 21.9. The van der Waals surface area contributed by atoms with Crippen molar-refractivity contribution in [3.8, 4) is 21.8 Å². The van der Waals surface area contributed by atoms with Crippen LogP contribution in [0.3, 0.4) is 0 Å². The van der Waals surface area contributed by atoms with E-state index >= 15 is 4.39 Å². The first-order valence-electron chi connectivity index (χ1n) is 14.3. The summed E-state index contributed by atoms with van der Waals surface area (Å²) in [6.45, 7) is 9.78. The minimum Gasteiger partial charge on any atom is -0.444 e. The lowest BCUT2D eigenvalue weighted by Crippen LogP contribution is -2.42. The predicted octanol–water partition coefficient (Wildman–Crippen LogP) is 8.04. The molecule has 0 aliphatic carbocycles. The summed E-state index contributed by atoms with van der Waals surface area (Å²) in [6, 6.07) is 9.30. The maximum atomic E-state index is 16.2. The van der Waals surface area contributed by atoms with Gasteiger partial charge in [-0.15, -0.1) is 11.3 Å². The summed E-state index contributed by atoms with van der Waals surface area (Å²) in [5.41, 5.74) is 0.200. The Bertz CT molecular complexity index is 1780. The third-order valence-corrected chi connectivity index (χ3v) is 8.89. The predicted molar refractivity (Wildman–Crippen MR) is 173 cm³/mol. The van der Waals surface area contributed by atoms with Crippen LogP contribution in [0.2, 0.25) is 0 Å². The molecule has 1 atom stereocenters. The van der Waals surface area contributed by atoms with E-state index in [1.54, 1.807) is 23.1 Å². The average molecular weight is 669 g/mol. The zero-order chi connectivity index (χ0) is 33.0. The molecule has 1 aliphatic heterocycles. The Morgan fingerprint density at radius 2 is 1.96 bits per heavy atom. The number of nitrogens with one attached hydrogen (secondary N) is 2. The van der Waals surface area contributed by atoms with Gasteiger partial charge in [-0.3, -0.25) is 10.1 Å². The number of nitrogens with zero attached hydrogens (tertiary/aromatic N) is 4. The summed E-state index contributed by atoms with van der Waals surface area (Å²) < 4.78 is 52.5. The SMILES string of the molecule is C=CC(=O)Nc1nccc(-c2sc(C3CCCN(C(=O)OC(C)(C)C)C3)nc2-c2cccc(NSc3cc(F)ccc3F)c2F)n1. The van der Waals surface area contributed by atoms with Gasteiger partial charge in [-0.05, 0) is 88.0 Å². The number of likely N-dealkylation sites (tertiary alicyclic amines) is 1. The third kappa shape index (κ3) is 7.85. The number of halogens is 3. The van der Waals surface area contributed by atoms with Gasteiger partial charge < -0.3 is 14.4 Å². The Balaban J connectivity index is 1.52. The number of benzene rings is 2. The average Bonchev–Trinajstić information content (AvgIpc) is 3.47. The molecule has 0 saturated carbocycles. The van der Waals surface area contributed by atoms with Gasteiger partial charge in [0.2, 0.25) is 11.9 Å². The Labute approximate surface area is 272 Å². The molecule has 1 unspecified atom stereocenters. The number of thiazole rings is 1. The second kappa shape index (κ2) is 13.9. The van der Waals surface area contributed by atoms with Gasteiger partial charge in [-0.25, -0.2) is 32.9 Å². The fourth-order valence-electron chi connectivity index (χ4n) is 4.70. The van der Waals surface area contributed by atoms with E-state index in [1.165, 1.54) is 23.6 Å². The molecule has 4 aromatic rings.